The Balaban J connectivity index is 2.02. The van der Waals surface area contributed by atoms with E-state index in [1.54, 1.807) is 0 Å². The zero-order valence-electron chi connectivity index (χ0n) is 14.8. The zero-order valence-corrected chi connectivity index (χ0v) is 14.8. The van der Waals surface area contributed by atoms with Crippen LogP contribution in [0, 0.1) is 11.8 Å². The first-order chi connectivity index (χ1) is 10.2. The molecule has 1 saturated carbocycles. The molecule has 1 N–H and O–H groups in total. The molecular formula is C18H37N3. The number of likely N-dealkylation sites (N-methyl/N-ethyl adjacent to an activating group) is 3. The Morgan fingerprint density at radius 1 is 1.05 bits per heavy atom. The minimum Gasteiger partial charge on any atom is -0.312 e. The van der Waals surface area contributed by atoms with E-state index in [-0.39, 0.29) is 0 Å². The van der Waals surface area contributed by atoms with Crippen molar-refractivity contribution < 1.29 is 0 Å². The molecule has 1 saturated heterocycles. The highest BCUT2D eigenvalue weighted by Gasteiger charge is 2.35. The number of hydrogen-bond donors (Lipinski definition) is 1. The first-order valence-electron chi connectivity index (χ1n) is 9.27. The predicted octanol–water partition coefficient (Wildman–Crippen LogP) is 2.82. The van der Waals surface area contributed by atoms with Crippen LogP contribution in [-0.2, 0) is 0 Å². The van der Waals surface area contributed by atoms with E-state index >= 15 is 0 Å². The minimum absolute atomic E-state index is 0.679. The third-order valence-corrected chi connectivity index (χ3v) is 5.95. The zero-order chi connectivity index (χ0) is 15.2. The molecule has 2 fully saturated rings. The molecule has 0 aromatic heterocycles. The third-order valence-electron chi connectivity index (χ3n) is 5.95. The summed E-state index contributed by atoms with van der Waals surface area (Å²) in [6.45, 7) is 9.46. The summed E-state index contributed by atoms with van der Waals surface area (Å²) in [5.41, 5.74) is 0. The maximum absolute atomic E-state index is 3.87. The molecule has 0 aromatic carbocycles. The first-order valence-corrected chi connectivity index (χ1v) is 9.27. The van der Waals surface area contributed by atoms with Crippen LogP contribution in [0.25, 0.3) is 0 Å². The number of nitrogens with one attached hydrogen (secondary N) is 1. The van der Waals surface area contributed by atoms with Crippen LogP contribution in [-0.4, -0.2) is 62.2 Å². The van der Waals surface area contributed by atoms with E-state index in [9.17, 15) is 0 Å². The summed E-state index contributed by atoms with van der Waals surface area (Å²) in [5, 5.41) is 3.87. The number of nitrogens with zero attached hydrogens (tertiary/aromatic N) is 2. The topological polar surface area (TPSA) is 18.5 Å². The Hall–Kier alpha value is -0.120. The van der Waals surface area contributed by atoms with E-state index in [2.05, 4.69) is 43.1 Å². The average molecular weight is 296 g/mol. The molecule has 3 heteroatoms. The molecule has 2 rings (SSSR count). The van der Waals surface area contributed by atoms with Crippen LogP contribution in [0.1, 0.15) is 52.4 Å². The van der Waals surface area contributed by atoms with Gasteiger partial charge in [0.25, 0.3) is 0 Å². The van der Waals surface area contributed by atoms with Crippen molar-refractivity contribution in [1.82, 2.24) is 15.1 Å². The molecule has 2 aliphatic rings. The van der Waals surface area contributed by atoms with Gasteiger partial charge < -0.3 is 15.1 Å². The van der Waals surface area contributed by atoms with Gasteiger partial charge in [-0.25, -0.2) is 0 Å². The second kappa shape index (κ2) is 8.50. The lowest BCUT2D eigenvalue weighted by Gasteiger charge is -2.42. The van der Waals surface area contributed by atoms with Crippen LogP contribution in [0.4, 0.5) is 0 Å². The summed E-state index contributed by atoms with van der Waals surface area (Å²) in [4.78, 5) is 5.17. The Kier molecular flexibility index (Phi) is 6.97. The molecule has 2 unspecified atom stereocenters. The monoisotopic (exact) mass is 295 g/mol. The van der Waals surface area contributed by atoms with Crippen LogP contribution in [0.2, 0.25) is 0 Å². The second-order valence-electron chi connectivity index (χ2n) is 7.44. The summed E-state index contributed by atoms with van der Waals surface area (Å²) in [6, 6.07) is 1.36. The molecule has 21 heavy (non-hydrogen) atoms. The van der Waals surface area contributed by atoms with Crippen LogP contribution in [0.5, 0.6) is 0 Å². The van der Waals surface area contributed by atoms with Crippen molar-refractivity contribution in [2.45, 2.75) is 64.5 Å². The Labute approximate surface area is 132 Å². The van der Waals surface area contributed by atoms with Gasteiger partial charge in [-0.05, 0) is 64.8 Å². The van der Waals surface area contributed by atoms with E-state index in [1.807, 2.05) is 0 Å². The summed E-state index contributed by atoms with van der Waals surface area (Å²) in [7, 11) is 4.63. The Morgan fingerprint density at radius 2 is 1.76 bits per heavy atom. The van der Waals surface area contributed by atoms with Crippen LogP contribution in [0.3, 0.4) is 0 Å². The van der Waals surface area contributed by atoms with Gasteiger partial charge in [-0.1, -0.05) is 33.1 Å². The van der Waals surface area contributed by atoms with Crippen molar-refractivity contribution in [2.75, 3.05) is 40.3 Å². The molecule has 0 bridgehead atoms. The fourth-order valence-corrected chi connectivity index (χ4v) is 4.50. The molecule has 0 radical (unpaired) electrons. The van der Waals surface area contributed by atoms with Gasteiger partial charge in [-0.2, -0.15) is 0 Å². The van der Waals surface area contributed by atoms with Gasteiger partial charge in [0.15, 0.2) is 0 Å². The maximum Gasteiger partial charge on any atom is 0.0376 e. The van der Waals surface area contributed by atoms with Gasteiger partial charge in [0, 0.05) is 18.6 Å². The largest absolute Gasteiger partial charge is 0.312 e. The van der Waals surface area contributed by atoms with Gasteiger partial charge in [-0.3, -0.25) is 0 Å². The maximum atomic E-state index is 3.87. The molecular weight excluding hydrogens is 258 g/mol. The van der Waals surface area contributed by atoms with E-state index in [0.717, 1.165) is 18.4 Å². The van der Waals surface area contributed by atoms with Gasteiger partial charge in [-0.15, -0.1) is 0 Å². The quantitative estimate of drug-likeness (QED) is 0.841. The Morgan fingerprint density at radius 3 is 2.38 bits per heavy atom. The molecule has 1 aliphatic carbocycles. The lowest BCUT2D eigenvalue weighted by molar-refractivity contribution is 0.116. The van der Waals surface area contributed by atoms with Crippen molar-refractivity contribution in [3.63, 3.8) is 0 Å². The lowest BCUT2D eigenvalue weighted by Crippen LogP contribution is -2.56. The summed E-state index contributed by atoms with van der Waals surface area (Å²) >= 11 is 0. The Bertz CT molecular complexity index is 286. The number of hydrogen-bond acceptors (Lipinski definition) is 3. The average Bonchev–Trinajstić information content (AvgIpc) is 2.66. The van der Waals surface area contributed by atoms with Crippen molar-refractivity contribution >= 4 is 0 Å². The predicted molar refractivity (Wildman–Crippen MR) is 91.7 cm³/mol. The van der Waals surface area contributed by atoms with E-state index < -0.39 is 0 Å². The highest BCUT2D eigenvalue weighted by atomic mass is 15.2. The van der Waals surface area contributed by atoms with Gasteiger partial charge in [0.05, 0.1) is 0 Å². The molecule has 0 aromatic rings. The van der Waals surface area contributed by atoms with E-state index in [0.29, 0.717) is 12.1 Å². The fourth-order valence-electron chi connectivity index (χ4n) is 4.50. The van der Waals surface area contributed by atoms with Crippen LogP contribution < -0.4 is 5.32 Å². The smallest absolute Gasteiger partial charge is 0.0376 e. The normalized spacial score (nSPS) is 34.6. The van der Waals surface area contributed by atoms with Crippen LogP contribution in [0.15, 0.2) is 0 Å². The fraction of sp³-hybridized carbons (Fsp3) is 1.00. The molecule has 1 aliphatic heterocycles. The molecule has 0 amide bonds. The lowest BCUT2D eigenvalue weighted by atomic mass is 9.75. The van der Waals surface area contributed by atoms with Crippen molar-refractivity contribution in [3.8, 4) is 0 Å². The standard InChI is InChI=1S/C18H37N3/c1-5-15-8-10-16(11-9-15)18(19-6-2)17-14-20(3)12-7-13-21(17)4/h15-19H,5-14H2,1-4H3. The molecule has 0 spiro atoms. The first kappa shape index (κ1) is 17.2. The molecule has 124 valence electrons. The summed E-state index contributed by atoms with van der Waals surface area (Å²) < 4.78 is 0. The SMILES string of the molecule is CCNC(C1CCC(CC)CC1)C1CN(C)CCCN1C. The van der Waals surface area contributed by atoms with Crippen molar-refractivity contribution in [1.29, 1.82) is 0 Å². The number of rotatable bonds is 5. The minimum atomic E-state index is 0.679. The van der Waals surface area contributed by atoms with Gasteiger partial charge in [0.1, 0.15) is 0 Å². The highest BCUT2D eigenvalue weighted by Crippen LogP contribution is 2.34. The molecule has 2 atom stereocenters. The third kappa shape index (κ3) is 4.67. The van der Waals surface area contributed by atoms with Gasteiger partial charge >= 0.3 is 0 Å². The second-order valence-corrected chi connectivity index (χ2v) is 7.44. The summed E-state index contributed by atoms with van der Waals surface area (Å²) in [5.74, 6) is 1.88. The van der Waals surface area contributed by atoms with Crippen LogP contribution >= 0.6 is 0 Å². The molecule has 1 heterocycles. The van der Waals surface area contributed by atoms with Gasteiger partial charge in [0.2, 0.25) is 0 Å². The van der Waals surface area contributed by atoms with E-state index in [4.69, 9.17) is 0 Å². The van der Waals surface area contributed by atoms with Crippen molar-refractivity contribution in [3.05, 3.63) is 0 Å². The van der Waals surface area contributed by atoms with E-state index in [1.165, 1.54) is 58.2 Å². The molecule has 3 nitrogen and oxygen atoms in total. The van der Waals surface area contributed by atoms with Crippen molar-refractivity contribution in [2.24, 2.45) is 11.8 Å². The summed E-state index contributed by atoms with van der Waals surface area (Å²) in [6.07, 6.45) is 8.47. The highest BCUT2D eigenvalue weighted by molar-refractivity contribution is 4.93.